The van der Waals surface area contributed by atoms with Gasteiger partial charge in [0.2, 0.25) is 0 Å². The standard InChI is InChI=1S/C19H36N2O3/c1-19(2,3)16-7-5-15(6-8-16)11-21-9-10-24-17(13-21)12-20(4)14-18(22)23/h15-17H,5-14H2,1-4H3,(H,22,23). The summed E-state index contributed by atoms with van der Waals surface area (Å²) in [7, 11) is 1.85. The molecule has 1 unspecified atom stereocenters. The lowest BCUT2D eigenvalue weighted by Crippen LogP contribution is -2.49. The van der Waals surface area contributed by atoms with Gasteiger partial charge in [-0.25, -0.2) is 0 Å². The minimum Gasteiger partial charge on any atom is -0.480 e. The van der Waals surface area contributed by atoms with Crippen molar-refractivity contribution in [3.8, 4) is 0 Å². The van der Waals surface area contributed by atoms with Gasteiger partial charge < -0.3 is 9.84 Å². The van der Waals surface area contributed by atoms with Crippen LogP contribution < -0.4 is 0 Å². The van der Waals surface area contributed by atoms with Crippen LogP contribution in [-0.4, -0.2) is 73.4 Å². The lowest BCUT2D eigenvalue weighted by molar-refractivity contribution is -0.138. The van der Waals surface area contributed by atoms with Crippen molar-refractivity contribution < 1.29 is 14.6 Å². The summed E-state index contributed by atoms with van der Waals surface area (Å²) in [6.07, 6.45) is 5.56. The Morgan fingerprint density at radius 2 is 1.92 bits per heavy atom. The van der Waals surface area contributed by atoms with Crippen LogP contribution in [0.15, 0.2) is 0 Å². The molecule has 1 aliphatic carbocycles. The van der Waals surface area contributed by atoms with E-state index in [4.69, 9.17) is 9.84 Å². The molecule has 0 radical (unpaired) electrons. The summed E-state index contributed by atoms with van der Waals surface area (Å²) >= 11 is 0. The molecule has 2 rings (SSSR count). The highest BCUT2D eigenvalue weighted by molar-refractivity contribution is 5.69. The van der Waals surface area contributed by atoms with E-state index in [2.05, 4.69) is 25.7 Å². The van der Waals surface area contributed by atoms with Crippen LogP contribution in [0.5, 0.6) is 0 Å². The summed E-state index contributed by atoms with van der Waals surface area (Å²) < 4.78 is 5.84. The zero-order valence-corrected chi connectivity index (χ0v) is 16.0. The molecule has 1 atom stereocenters. The van der Waals surface area contributed by atoms with Gasteiger partial charge in [0.1, 0.15) is 0 Å². The highest BCUT2D eigenvalue weighted by Gasteiger charge is 2.31. The average molecular weight is 341 g/mol. The van der Waals surface area contributed by atoms with E-state index in [0.717, 1.165) is 31.5 Å². The third kappa shape index (κ3) is 6.34. The molecule has 24 heavy (non-hydrogen) atoms. The minimum atomic E-state index is -0.777. The Bertz CT molecular complexity index is 400. The lowest BCUT2D eigenvalue weighted by atomic mass is 9.70. The van der Waals surface area contributed by atoms with Gasteiger partial charge in [-0.2, -0.15) is 0 Å². The minimum absolute atomic E-state index is 0.0800. The van der Waals surface area contributed by atoms with Crippen molar-refractivity contribution in [3.05, 3.63) is 0 Å². The summed E-state index contributed by atoms with van der Waals surface area (Å²) in [6.45, 7) is 11.8. The van der Waals surface area contributed by atoms with E-state index in [-0.39, 0.29) is 12.6 Å². The van der Waals surface area contributed by atoms with E-state index < -0.39 is 5.97 Å². The Kier molecular flexibility index (Phi) is 7.08. The van der Waals surface area contributed by atoms with Gasteiger partial charge in [0.25, 0.3) is 0 Å². The number of rotatable bonds is 6. The largest absolute Gasteiger partial charge is 0.480 e. The first-order valence-corrected chi connectivity index (χ1v) is 9.48. The second-order valence-corrected chi connectivity index (χ2v) is 8.93. The molecule has 1 saturated carbocycles. The van der Waals surface area contributed by atoms with E-state index in [1.54, 1.807) is 0 Å². The fourth-order valence-corrected chi connectivity index (χ4v) is 4.28. The quantitative estimate of drug-likeness (QED) is 0.805. The molecular formula is C19H36N2O3. The molecule has 0 aromatic rings. The van der Waals surface area contributed by atoms with Crippen molar-refractivity contribution >= 4 is 5.97 Å². The van der Waals surface area contributed by atoms with Crippen molar-refractivity contribution in [2.75, 3.05) is 46.4 Å². The van der Waals surface area contributed by atoms with E-state index >= 15 is 0 Å². The van der Waals surface area contributed by atoms with Gasteiger partial charge in [-0.15, -0.1) is 0 Å². The van der Waals surface area contributed by atoms with Crippen molar-refractivity contribution in [3.63, 3.8) is 0 Å². The summed E-state index contributed by atoms with van der Waals surface area (Å²) in [4.78, 5) is 15.2. The van der Waals surface area contributed by atoms with E-state index in [9.17, 15) is 4.79 Å². The molecular weight excluding hydrogens is 304 g/mol. The predicted molar refractivity (Wildman–Crippen MR) is 96.2 cm³/mol. The molecule has 0 amide bonds. The number of nitrogens with zero attached hydrogens (tertiary/aromatic N) is 2. The van der Waals surface area contributed by atoms with Gasteiger partial charge in [0.15, 0.2) is 0 Å². The molecule has 1 aliphatic heterocycles. The molecule has 1 saturated heterocycles. The van der Waals surface area contributed by atoms with E-state index in [1.807, 2.05) is 11.9 Å². The molecule has 0 aromatic carbocycles. The monoisotopic (exact) mass is 340 g/mol. The number of carbonyl (C=O) groups is 1. The van der Waals surface area contributed by atoms with Crippen LogP contribution in [0.3, 0.4) is 0 Å². The van der Waals surface area contributed by atoms with Crippen LogP contribution in [-0.2, 0) is 9.53 Å². The second kappa shape index (κ2) is 8.63. The van der Waals surface area contributed by atoms with Crippen molar-refractivity contribution in [2.45, 2.75) is 52.6 Å². The third-order valence-electron chi connectivity index (χ3n) is 5.73. The summed E-state index contributed by atoms with van der Waals surface area (Å²) in [5.41, 5.74) is 0.448. The van der Waals surface area contributed by atoms with Crippen LogP contribution in [0, 0.1) is 17.3 Å². The smallest absolute Gasteiger partial charge is 0.317 e. The maximum absolute atomic E-state index is 10.8. The SMILES string of the molecule is CN(CC(=O)O)CC1CN(CC2CCC(C(C)(C)C)CC2)CCO1. The summed E-state index contributed by atoms with van der Waals surface area (Å²) in [6, 6.07) is 0. The molecule has 0 spiro atoms. The number of likely N-dealkylation sites (N-methyl/N-ethyl adjacent to an activating group) is 1. The van der Waals surface area contributed by atoms with E-state index in [1.165, 1.54) is 32.2 Å². The van der Waals surface area contributed by atoms with Gasteiger partial charge in [-0.3, -0.25) is 14.6 Å². The third-order valence-corrected chi connectivity index (χ3v) is 5.73. The molecule has 0 aromatic heterocycles. The van der Waals surface area contributed by atoms with Crippen LogP contribution >= 0.6 is 0 Å². The van der Waals surface area contributed by atoms with Crippen LogP contribution in [0.25, 0.3) is 0 Å². The number of carboxylic acids is 1. The molecule has 140 valence electrons. The number of hydrogen-bond acceptors (Lipinski definition) is 4. The van der Waals surface area contributed by atoms with Crippen molar-refractivity contribution in [1.29, 1.82) is 0 Å². The van der Waals surface area contributed by atoms with Crippen LogP contribution in [0.1, 0.15) is 46.5 Å². The first-order valence-electron chi connectivity index (χ1n) is 9.48. The maximum atomic E-state index is 10.8. The Morgan fingerprint density at radius 1 is 1.25 bits per heavy atom. The Morgan fingerprint density at radius 3 is 2.50 bits per heavy atom. The number of hydrogen-bond donors (Lipinski definition) is 1. The molecule has 5 heteroatoms. The zero-order valence-electron chi connectivity index (χ0n) is 16.0. The van der Waals surface area contributed by atoms with Gasteiger partial charge in [-0.1, -0.05) is 20.8 Å². The lowest BCUT2D eigenvalue weighted by Gasteiger charge is -2.40. The van der Waals surface area contributed by atoms with Crippen molar-refractivity contribution in [1.82, 2.24) is 9.80 Å². The van der Waals surface area contributed by atoms with Gasteiger partial charge in [0.05, 0.1) is 19.3 Å². The van der Waals surface area contributed by atoms with Gasteiger partial charge in [0, 0.05) is 26.2 Å². The second-order valence-electron chi connectivity index (χ2n) is 8.93. The average Bonchev–Trinajstić information content (AvgIpc) is 2.46. The highest BCUT2D eigenvalue weighted by atomic mass is 16.5. The highest BCUT2D eigenvalue weighted by Crippen LogP contribution is 2.40. The number of ether oxygens (including phenoxy) is 1. The summed E-state index contributed by atoms with van der Waals surface area (Å²) in [5, 5.41) is 8.87. The normalized spacial score (nSPS) is 29.8. The van der Waals surface area contributed by atoms with Gasteiger partial charge >= 0.3 is 5.97 Å². The molecule has 2 fully saturated rings. The Balaban J connectivity index is 1.72. The Hall–Kier alpha value is -0.650. The molecule has 1 heterocycles. The topological polar surface area (TPSA) is 53.0 Å². The van der Waals surface area contributed by atoms with Gasteiger partial charge in [-0.05, 0) is 50.0 Å². The maximum Gasteiger partial charge on any atom is 0.317 e. The first-order chi connectivity index (χ1) is 11.2. The van der Waals surface area contributed by atoms with E-state index in [0.29, 0.717) is 12.0 Å². The number of morpholine rings is 1. The first kappa shape index (κ1) is 19.7. The van der Waals surface area contributed by atoms with Crippen LogP contribution in [0.2, 0.25) is 0 Å². The number of carboxylic acid groups (broad SMARTS) is 1. The van der Waals surface area contributed by atoms with Crippen LogP contribution in [0.4, 0.5) is 0 Å². The molecule has 2 aliphatic rings. The summed E-state index contributed by atoms with van der Waals surface area (Å²) in [5.74, 6) is 0.913. The fourth-order valence-electron chi connectivity index (χ4n) is 4.28. The number of aliphatic carboxylic acids is 1. The molecule has 0 bridgehead atoms. The Labute approximate surface area is 147 Å². The molecule has 1 N–H and O–H groups in total. The molecule has 5 nitrogen and oxygen atoms in total. The predicted octanol–water partition coefficient (Wildman–Crippen LogP) is 2.56. The zero-order chi connectivity index (χ0) is 17.7. The fraction of sp³-hybridized carbons (Fsp3) is 0.947. The van der Waals surface area contributed by atoms with Crippen molar-refractivity contribution in [2.24, 2.45) is 17.3 Å².